The van der Waals surface area contributed by atoms with Gasteiger partial charge in [-0.25, -0.2) is 4.79 Å². The smallest absolute Gasteiger partial charge is 0.376 e. The van der Waals surface area contributed by atoms with E-state index < -0.39 is 11.8 Å². The van der Waals surface area contributed by atoms with Crippen LogP contribution in [0.1, 0.15) is 30.5 Å². The molecular weight excluding hydrogens is 256 g/mol. The van der Waals surface area contributed by atoms with Crippen LogP contribution in [0.3, 0.4) is 0 Å². The minimum absolute atomic E-state index is 0.210. The third kappa shape index (κ3) is 2.56. The van der Waals surface area contributed by atoms with Crippen LogP contribution in [0.15, 0.2) is 30.0 Å². The number of cyclic esters (lactones) is 1. The normalized spacial score (nSPS) is 21.6. The fourth-order valence-corrected chi connectivity index (χ4v) is 2.31. The van der Waals surface area contributed by atoms with Gasteiger partial charge in [-0.15, -0.1) is 0 Å². The minimum Gasteiger partial charge on any atom is -0.487 e. The molecule has 1 aromatic rings. The molecule has 0 saturated heterocycles. The van der Waals surface area contributed by atoms with E-state index in [2.05, 4.69) is 0 Å². The summed E-state index contributed by atoms with van der Waals surface area (Å²) in [6.07, 6.45) is 1.63. The lowest BCUT2D eigenvalue weighted by molar-refractivity contribution is -0.203. The third-order valence-corrected chi connectivity index (χ3v) is 3.19. The lowest BCUT2D eigenvalue weighted by Crippen LogP contribution is -2.30. The van der Waals surface area contributed by atoms with Gasteiger partial charge < -0.3 is 14.2 Å². The molecule has 1 heterocycles. The molecule has 4 nitrogen and oxygen atoms in total. The number of carbonyl (C=O) groups excluding carboxylic acids is 1. The first-order valence-electron chi connectivity index (χ1n) is 6.83. The predicted molar refractivity (Wildman–Crippen MR) is 75.0 cm³/mol. The van der Waals surface area contributed by atoms with E-state index in [4.69, 9.17) is 14.2 Å². The van der Waals surface area contributed by atoms with Gasteiger partial charge in [0.2, 0.25) is 5.76 Å². The first kappa shape index (κ1) is 14.6. The fraction of sp³-hybridized carbons (Fsp3) is 0.438. The highest BCUT2D eigenvalue weighted by atomic mass is 16.7. The molecule has 0 spiro atoms. The van der Waals surface area contributed by atoms with Gasteiger partial charge in [0, 0.05) is 18.2 Å². The maximum atomic E-state index is 11.9. The SMILES string of the molecule is CCOC1=CC(OCC)(c2cc(C)ccc2C)OC1=O. The minimum atomic E-state index is -1.17. The van der Waals surface area contributed by atoms with Crippen LogP contribution in [0.25, 0.3) is 0 Å². The van der Waals surface area contributed by atoms with Crippen LogP contribution in [0.2, 0.25) is 0 Å². The Labute approximate surface area is 119 Å². The topological polar surface area (TPSA) is 44.8 Å². The molecule has 0 aliphatic carbocycles. The summed E-state index contributed by atoms with van der Waals surface area (Å²) in [6, 6.07) is 5.98. The zero-order valence-corrected chi connectivity index (χ0v) is 12.4. The zero-order chi connectivity index (χ0) is 14.8. The molecule has 1 aliphatic heterocycles. The van der Waals surface area contributed by atoms with Crippen molar-refractivity contribution in [3.8, 4) is 0 Å². The first-order valence-corrected chi connectivity index (χ1v) is 6.83. The summed E-state index contributed by atoms with van der Waals surface area (Å²) in [4.78, 5) is 11.9. The number of aryl methyl sites for hydroxylation is 2. The Bertz CT molecular complexity index is 547. The van der Waals surface area contributed by atoms with Crippen molar-refractivity contribution in [1.29, 1.82) is 0 Å². The van der Waals surface area contributed by atoms with Crippen LogP contribution in [0.5, 0.6) is 0 Å². The summed E-state index contributed by atoms with van der Waals surface area (Å²) >= 11 is 0. The standard InChI is InChI=1S/C16H20O4/c1-5-18-14-10-16(19-6-2,20-15(14)17)13-9-11(3)7-8-12(13)4/h7-10H,5-6H2,1-4H3. The summed E-state index contributed by atoms with van der Waals surface area (Å²) in [6.45, 7) is 8.49. The van der Waals surface area contributed by atoms with E-state index in [1.54, 1.807) is 6.08 Å². The van der Waals surface area contributed by atoms with Crippen molar-refractivity contribution in [2.75, 3.05) is 13.2 Å². The molecule has 2 rings (SSSR count). The van der Waals surface area contributed by atoms with Gasteiger partial charge in [0.05, 0.1) is 6.61 Å². The van der Waals surface area contributed by atoms with Crippen LogP contribution in [-0.4, -0.2) is 19.2 Å². The molecule has 4 heteroatoms. The van der Waals surface area contributed by atoms with E-state index in [1.807, 2.05) is 45.9 Å². The largest absolute Gasteiger partial charge is 0.487 e. The number of hydrogen-bond acceptors (Lipinski definition) is 4. The Hall–Kier alpha value is -1.81. The van der Waals surface area contributed by atoms with Crippen molar-refractivity contribution in [2.45, 2.75) is 33.5 Å². The summed E-state index contributed by atoms with van der Waals surface area (Å²) in [7, 11) is 0. The number of ether oxygens (including phenoxy) is 3. The van der Waals surface area contributed by atoms with Crippen LogP contribution in [0.4, 0.5) is 0 Å². The van der Waals surface area contributed by atoms with E-state index in [0.29, 0.717) is 13.2 Å². The molecule has 1 unspecified atom stereocenters. The van der Waals surface area contributed by atoms with Gasteiger partial charge in [0.25, 0.3) is 5.79 Å². The van der Waals surface area contributed by atoms with Gasteiger partial charge in [-0.05, 0) is 39.3 Å². The van der Waals surface area contributed by atoms with E-state index in [1.165, 1.54) is 0 Å². The Balaban J connectivity index is 2.51. The van der Waals surface area contributed by atoms with Crippen molar-refractivity contribution in [2.24, 2.45) is 0 Å². The zero-order valence-electron chi connectivity index (χ0n) is 12.4. The highest BCUT2D eigenvalue weighted by Gasteiger charge is 2.44. The van der Waals surface area contributed by atoms with Gasteiger partial charge in [-0.3, -0.25) is 0 Å². The second-order valence-electron chi connectivity index (χ2n) is 4.75. The molecule has 0 radical (unpaired) electrons. The number of hydrogen-bond donors (Lipinski definition) is 0. The molecule has 20 heavy (non-hydrogen) atoms. The highest BCUT2D eigenvalue weighted by Crippen LogP contribution is 2.38. The molecule has 0 bridgehead atoms. The predicted octanol–water partition coefficient (Wildman–Crippen LogP) is 2.97. The average Bonchev–Trinajstić information content (AvgIpc) is 2.71. The van der Waals surface area contributed by atoms with Crippen molar-refractivity contribution in [1.82, 2.24) is 0 Å². The second-order valence-corrected chi connectivity index (χ2v) is 4.75. The molecule has 1 aromatic carbocycles. The maximum Gasteiger partial charge on any atom is 0.376 e. The summed E-state index contributed by atoms with van der Waals surface area (Å²) in [5.41, 5.74) is 2.92. The van der Waals surface area contributed by atoms with Crippen LogP contribution in [-0.2, 0) is 24.8 Å². The van der Waals surface area contributed by atoms with Gasteiger partial charge in [0.1, 0.15) is 0 Å². The van der Waals surface area contributed by atoms with Crippen molar-refractivity contribution in [3.63, 3.8) is 0 Å². The molecule has 1 aliphatic rings. The number of rotatable bonds is 5. The summed E-state index contributed by atoms with van der Waals surface area (Å²) < 4.78 is 16.6. The van der Waals surface area contributed by atoms with E-state index in [0.717, 1.165) is 16.7 Å². The molecule has 108 valence electrons. The van der Waals surface area contributed by atoms with Crippen molar-refractivity contribution >= 4 is 5.97 Å². The molecule has 1 atom stereocenters. The van der Waals surface area contributed by atoms with E-state index >= 15 is 0 Å². The monoisotopic (exact) mass is 276 g/mol. The van der Waals surface area contributed by atoms with Crippen molar-refractivity contribution in [3.05, 3.63) is 46.7 Å². The van der Waals surface area contributed by atoms with Crippen molar-refractivity contribution < 1.29 is 19.0 Å². The molecule has 0 fully saturated rings. The average molecular weight is 276 g/mol. The van der Waals surface area contributed by atoms with Gasteiger partial charge in [-0.2, -0.15) is 0 Å². The Morgan fingerprint density at radius 3 is 2.60 bits per heavy atom. The number of esters is 1. The lowest BCUT2D eigenvalue weighted by atomic mass is 9.98. The number of benzene rings is 1. The van der Waals surface area contributed by atoms with Crippen LogP contribution in [0, 0.1) is 13.8 Å². The van der Waals surface area contributed by atoms with Crippen LogP contribution < -0.4 is 0 Å². The maximum absolute atomic E-state index is 11.9. The third-order valence-electron chi connectivity index (χ3n) is 3.19. The van der Waals surface area contributed by atoms with Gasteiger partial charge in [0.15, 0.2) is 0 Å². The Morgan fingerprint density at radius 2 is 1.95 bits per heavy atom. The Kier molecular flexibility index (Phi) is 4.14. The quantitative estimate of drug-likeness (QED) is 0.776. The Morgan fingerprint density at radius 1 is 1.20 bits per heavy atom. The number of carbonyl (C=O) groups is 1. The molecule has 0 aromatic heterocycles. The summed E-state index contributed by atoms with van der Waals surface area (Å²) in [5, 5.41) is 0. The second kappa shape index (κ2) is 5.67. The van der Waals surface area contributed by atoms with E-state index in [9.17, 15) is 4.79 Å². The molecule has 0 saturated carbocycles. The fourth-order valence-electron chi connectivity index (χ4n) is 2.31. The molecule has 0 amide bonds. The highest BCUT2D eigenvalue weighted by molar-refractivity contribution is 5.89. The van der Waals surface area contributed by atoms with Crippen LogP contribution >= 0.6 is 0 Å². The van der Waals surface area contributed by atoms with Gasteiger partial charge in [-0.1, -0.05) is 17.7 Å². The molecule has 0 N–H and O–H groups in total. The molecular formula is C16H20O4. The first-order chi connectivity index (χ1) is 9.52. The summed E-state index contributed by atoms with van der Waals surface area (Å²) in [5.74, 6) is -1.45. The van der Waals surface area contributed by atoms with Gasteiger partial charge >= 0.3 is 5.97 Å². The lowest BCUT2D eigenvalue weighted by Gasteiger charge is -2.27. The van der Waals surface area contributed by atoms with E-state index in [-0.39, 0.29) is 5.76 Å².